The number of fused-ring (bicyclic) bond motifs is 1. The smallest absolute Gasteiger partial charge is 0.323 e. The van der Waals surface area contributed by atoms with Crippen LogP contribution in [0.1, 0.15) is 11.7 Å². The first kappa shape index (κ1) is 14.1. The number of esters is 1. The Morgan fingerprint density at radius 2 is 2.23 bits per heavy atom. The number of methoxy groups -OCH3 is 1. The molecular weight excluding hydrogens is 289 g/mol. The molecule has 112 valence electrons. The van der Waals surface area contributed by atoms with E-state index in [1.165, 1.54) is 25.5 Å². The molecule has 22 heavy (non-hydrogen) atoms. The molecule has 0 saturated heterocycles. The van der Waals surface area contributed by atoms with Crippen molar-refractivity contribution in [2.75, 3.05) is 7.11 Å². The quantitative estimate of drug-likeness (QED) is 0.457. The second-order valence-corrected chi connectivity index (χ2v) is 4.77. The summed E-state index contributed by atoms with van der Waals surface area (Å²) in [5.74, 6) is -1.97. The van der Waals surface area contributed by atoms with Gasteiger partial charge in [0.15, 0.2) is 5.92 Å². The van der Waals surface area contributed by atoms with Crippen LogP contribution in [0.4, 0.5) is 4.39 Å². The Kier molecular flexibility index (Phi) is 3.50. The number of hydrogen-bond acceptors (Lipinski definition) is 4. The van der Waals surface area contributed by atoms with Crippen LogP contribution < -0.4 is 0 Å². The molecule has 0 aliphatic rings. The largest absolute Gasteiger partial charge is 0.468 e. The molecule has 3 aromatic rings. The number of nitrogens with one attached hydrogen (secondary N) is 1. The van der Waals surface area contributed by atoms with Crippen LogP contribution in [-0.4, -0.2) is 24.3 Å². The fraction of sp³-hybridized carbons (Fsp3) is 0.125. The van der Waals surface area contributed by atoms with Crippen LogP contribution in [0.3, 0.4) is 0 Å². The number of benzene rings is 1. The Bertz CT molecular complexity index is 849. The highest BCUT2D eigenvalue weighted by molar-refractivity contribution is 5.97. The number of ether oxygens (including phenoxy) is 1. The predicted molar refractivity (Wildman–Crippen MR) is 76.8 cm³/mol. The number of carbonyl (C=O) groups is 2. The minimum atomic E-state index is -1.11. The lowest BCUT2D eigenvalue weighted by molar-refractivity contribution is -0.144. The third-order valence-corrected chi connectivity index (χ3v) is 3.47. The summed E-state index contributed by atoms with van der Waals surface area (Å²) in [4.78, 5) is 25.6. The van der Waals surface area contributed by atoms with Crippen molar-refractivity contribution in [3.63, 3.8) is 0 Å². The molecular formula is C16H12FNO4. The van der Waals surface area contributed by atoms with Gasteiger partial charge in [-0.3, -0.25) is 4.79 Å². The van der Waals surface area contributed by atoms with E-state index in [1.807, 2.05) is 0 Å². The van der Waals surface area contributed by atoms with E-state index < -0.39 is 11.9 Å². The number of hydrogen-bond donors (Lipinski definition) is 1. The fourth-order valence-corrected chi connectivity index (χ4v) is 2.35. The van der Waals surface area contributed by atoms with E-state index in [2.05, 4.69) is 9.72 Å². The Balaban J connectivity index is 2.04. The lowest BCUT2D eigenvalue weighted by Gasteiger charge is -2.03. The maximum atomic E-state index is 13.4. The van der Waals surface area contributed by atoms with E-state index in [9.17, 15) is 14.0 Å². The zero-order valence-corrected chi connectivity index (χ0v) is 11.6. The van der Waals surface area contributed by atoms with Crippen LogP contribution in [0.15, 0.2) is 41.1 Å². The number of rotatable bonds is 4. The first-order valence-corrected chi connectivity index (χ1v) is 6.52. The Labute approximate surface area is 124 Å². The molecule has 0 aliphatic heterocycles. The molecule has 0 saturated carbocycles. The Morgan fingerprint density at radius 1 is 1.41 bits per heavy atom. The van der Waals surface area contributed by atoms with E-state index in [-0.39, 0.29) is 11.6 Å². The van der Waals surface area contributed by atoms with E-state index in [0.717, 1.165) is 11.1 Å². The van der Waals surface area contributed by atoms with Crippen LogP contribution in [0, 0.1) is 5.82 Å². The minimum Gasteiger partial charge on any atom is -0.468 e. The number of carbonyl (C=O) groups excluding carboxylic acids is 2. The van der Waals surface area contributed by atoms with Crippen molar-refractivity contribution in [1.29, 1.82) is 0 Å². The van der Waals surface area contributed by atoms with E-state index in [0.29, 0.717) is 17.2 Å². The number of furan rings is 1. The summed E-state index contributed by atoms with van der Waals surface area (Å²) in [6, 6.07) is 5.98. The van der Waals surface area contributed by atoms with Gasteiger partial charge < -0.3 is 18.9 Å². The molecule has 2 aromatic heterocycles. The maximum Gasteiger partial charge on any atom is 0.323 e. The first-order chi connectivity index (χ1) is 10.6. The van der Waals surface area contributed by atoms with Gasteiger partial charge in [-0.25, -0.2) is 4.39 Å². The van der Waals surface area contributed by atoms with Crippen molar-refractivity contribution in [3.05, 3.63) is 48.3 Å². The van der Waals surface area contributed by atoms with E-state index in [1.54, 1.807) is 18.3 Å². The molecule has 1 N–H and O–H groups in total. The summed E-state index contributed by atoms with van der Waals surface area (Å²) >= 11 is 0. The van der Waals surface area contributed by atoms with Crippen molar-refractivity contribution >= 4 is 23.2 Å². The molecule has 0 aliphatic carbocycles. The topological polar surface area (TPSA) is 72.3 Å². The van der Waals surface area contributed by atoms with E-state index in [4.69, 9.17) is 4.42 Å². The minimum absolute atomic E-state index is 0.183. The SMILES string of the molecule is COC(=O)C(C=O)c1cc(-c2c[nH]c3ccc(F)cc23)co1. The van der Waals surface area contributed by atoms with Gasteiger partial charge in [0, 0.05) is 28.2 Å². The highest BCUT2D eigenvalue weighted by atomic mass is 19.1. The van der Waals surface area contributed by atoms with Gasteiger partial charge in [0.05, 0.1) is 13.4 Å². The molecule has 0 radical (unpaired) electrons. The number of H-pyrrole nitrogens is 1. The average Bonchev–Trinajstić information content (AvgIpc) is 3.14. The number of aromatic nitrogens is 1. The van der Waals surface area contributed by atoms with E-state index >= 15 is 0 Å². The second kappa shape index (κ2) is 5.48. The molecule has 5 nitrogen and oxygen atoms in total. The molecule has 3 rings (SSSR count). The van der Waals surface area contributed by atoms with Gasteiger partial charge in [-0.2, -0.15) is 0 Å². The molecule has 1 unspecified atom stereocenters. The van der Waals surface area contributed by atoms with Gasteiger partial charge in [0.25, 0.3) is 0 Å². The molecule has 6 heteroatoms. The van der Waals surface area contributed by atoms with Gasteiger partial charge in [-0.05, 0) is 24.3 Å². The van der Waals surface area contributed by atoms with Crippen LogP contribution in [0.25, 0.3) is 22.0 Å². The predicted octanol–water partition coefficient (Wildman–Crippen LogP) is 3.02. The standard InChI is InChI=1S/C16H12FNO4/c1-21-16(20)13(7-19)15-4-9(8-22-15)12-6-18-14-3-2-10(17)5-11(12)14/h2-8,13,18H,1H3. The van der Waals surface area contributed by atoms with Crippen LogP contribution in [0.5, 0.6) is 0 Å². The molecule has 2 heterocycles. The monoisotopic (exact) mass is 301 g/mol. The van der Waals surface area contributed by atoms with Crippen LogP contribution >= 0.6 is 0 Å². The zero-order valence-electron chi connectivity index (χ0n) is 11.6. The Morgan fingerprint density at radius 3 is 2.95 bits per heavy atom. The third-order valence-electron chi connectivity index (χ3n) is 3.47. The Hall–Kier alpha value is -2.89. The van der Waals surface area contributed by atoms with Gasteiger partial charge in [0.1, 0.15) is 17.9 Å². The zero-order chi connectivity index (χ0) is 15.7. The molecule has 0 bridgehead atoms. The molecule has 1 aromatic carbocycles. The summed E-state index contributed by atoms with van der Waals surface area (Å²) in [7, 11) is 1.20. The summed E-state index contributed by atoms with van der Waals surface area (Å²) < 4.78 is 23.3. The summed E-state index contributed by atoms with van der Waals surface area (Å²) in [6.07, 6.45) is 3.60. The van der Waals surface area contributed by atoms with Crippen molar-refractivity contribution in [2.45, 2.75) is 5.92 Å². The van der Waals surface area contributed by atoms with Crippen LogP contribution in [0.2, 0.25) is 0 Å². The lowest BCUT2D eigenvalue weighted by atomic mass is 10.0. The second-order valence-electron chi connectivity index (χ2n) is 4.77. The van der Waals surface area contributed by atoms with Crippen molar-refractivity contribution < 1.29 is 23.1 Å². The molecule has 0 spiro atoms. The number of aldehydes is 1. The van der Waals surface area contributed by atoms with Gasteiger partial charge in [-0.15, -0.1) is 0 Å². The molecule has 1 atom stereocenters. The highest BCUT2D eigenvalue weighted by Gasteiger charge is 2.25. The van der Waals surface area contributed by atoms with Crippen LogP contribution in [-0.2, 0) is 14.3 Å². The highest BCUT2D eigenvalue weighted by Crippen LogP contribution is 2.32. The maximum absolute atomic E-state index is 13.4. The lowest BCUT2D eigenvalue weighted by Crippen LogP contribution is -2.14. The summed E-state index contributed by atoms with van der Waals surface area (Å²) in [5, 5.41) is 0.688. The first-order valence-electron chi connectivity index (χ1n) is 6.52. The molecule has 0 amide bonds. The fourth-order valence-electron chi connectivity index (χ4n) is 2.35. The number of aromatic amines is 1. The van der Waals surface area contributed by atoms with Crippen molar-refractivity contribution in [1.82, 2.24) is 4.98 Å². The van der Waals surface area contributed by atoms with Crippen molar-refractivity contribution in [2.24, 2.45) is 0 Å². The van der Waals surface area contributed by atoms with Gasteiger partial charge in [-0.1, -0.05) is 0 Å². The summed E-state index contributed by atoms with van der Waals surface area (Å²) in [5.41, 5.74) is 2.14. The summed E-state index contributed by atoms with van der Waals surface area (Å²) in [6.45, 7) is 0. The number of halogens is 1. The normalized spacial score (nSPS) is 12.3. The van der Waals surface area contributed by atoms with Gasteiger partial charge in [0.2, 0.25) is 0 Å². The average molecular weight is 301 g/mol. The molecule has 0 fully saturated rings. The third kappa shape index (κ3) is 2.28. The van der Waals surface area contributed by atoms with Crippen molar-refractivity contribution in [3.8, 4) is 11.1 Å². The van der Waals surface area contributed by atoms with Gasteiger partial charge >= 0.3 is 5.97 Å².